The summed E-state index contributed by atoms with van der Waals surface area (Å²) in [6.07, 6.45) is 10.5. The molecule has 0 unspecified atom stereocenters. The van der Waals surface area contributed by atoms with Gasteiger partial charge in [-0.25, -0.2) is 4.79 Å². The third-order valence-electron chi connectivity index (χ3n) is 6.92. The molecule has 4 fully saturated rings. The highest BCUT2D eigenvalue weighted by Gasteiger charge is 2.51. The van der Waals surface area contributed by atoms with E-state index in [9.17, 15) is 4.79 Å². The number of ether oxygens (including phenoxy) is 1. The molecule has 2 saturated heterocycles. The lowest BCUT2D eigenvalue weighted by atomic mass is 9.64. The minimum atomic E-state index is -0.110. The van der Waals surface area contributed by atoms with Crippen molar-refractivity contribution in [3.63, 3.8) is 0 Å². The number of hydrogen-bond acceptors (Lipinski definition) is 4. The van der Waals surface area contributed by atoms with Crippen LogP contribution < -0.4 is 5.32 Å². The number of hydrogen-bond donors (Lipinski definition) is 1. The molecule has 1 spiro atoms. The van der Waals surface area contributed by atoms with Crippen molar-refractivity contribution in [2.75, 3.05) is 32.8 Å². The molecule has 2 saturated carbocycles. The molecule has 2 aliphatic carbocycles. The third kappa shape index (κ3) is 3.30. The Kier molecular flexibility index (Phi) is 4.74. The normalized spacial score (nSPS) is 35.0. The van der Waals surface area contributed by atoms with Crippen molar-refractivity contribution in [2.24, 2.45) is 5.41 Å². The van der Waals surface area contributed by atoms with Crippen LogP contribution in [-0.4, -0.2) is 66.8 Å². The quantitative estimate of drug-likeness (QED) is 0.858. The molecule has 5 heteroatoms. The molecule has 2 aliphatic heterocycles. The molecule has 0 atom stereocenters. The van der Waals surface area contributed by atoms with Crippen LogP contribution in [0.3, 0.4) is 0 Å². The maximum absolute atomic E-state index is 11.9. The molecule has 4 rings (SSSR count). The molecule has 0 radical (unpaired) electrons. The Morgan fingerprint density at radius 1 is 1.12 bits per heavy atom. The van der Waals surface area contributed by atoms with E-state index in [1.807, 2.05) is 11.8 Å². The zero-order valence-electron chi connectivity index (χ0n) is 15.1. The molecule has 0 aromatic heterocycles. The van der Waals surface area contributed by atoms with Gasteiger partial charge in [0.1, 0.15) is 0 Å². The van der Waals surface area contributed by atoms with E-state index in [-0.39, 0.29) is 6.09 Å². The Morgan fingerprint density at radius 2 is 1.83 bits per heavy atom. The van der Waals surface area contributed by atoms with Crippen molar-refractivity contribution < 1.29 is 9.53 Å². The van der Waals surface area contributed by atoms with E-state index in [4.69, 9.17) is 4.74 Å². The molecule has 24 heavy (non-hydrogen) atoms. The highest BCUT2D eigenvalue weighted by Crippen LogP contribution is 2.50. The molecule has 2 heterocycles. The van der Waals surface area contributed by atoms with E-state index in [2.05, 4.69) is 10.2 Å². The number of amides is 1. The number of rotatable bonds is 4. The van der Waals surface area contributed by atoms with Crippen molar-refractivity contribution in [3.05, 3.63) is 0 Å². The first kappa shape index (κ1) is 16.6. The summed E-state index contributed by atoms with van der Waals surface area (Å²) < 4.78 is 5.16. The number of carbonyl (C=O) groups excluding carboxylic acids is 1. The first-order chi connectivity index (χ1) is 11.7. The zero-order chi connectivity index (χ0) is 16.6. The summed E-state index contributed by atoms with van der Waals surface area (Å²) in [4.78, 5) is 16.5. The van der Waals surface area contributed by atoms with Gasteiger partial charge in [-0.2, -0.15) is 0 Å². The van der Waals surface area contributed by atoms with Crippen molar-refractivity contribution in [2.45, 2.75) is 76.4 Å². The van der Waals surface area contributed by atoms with Crippen molar-refractivity contribution >= 4 is 6.09 Å². The fourth-order valence-electron chi connectivity index (χ4n) is 5.18. The van der Waals surface area contributed by atoms with Gasteiger partial charge in [0.25, 0.3) is 0 Å². The SMILES string of the molecule is CCOC(=O)N1CCC2(CC(N3CCC(NC4CCC4)CC3)C2)C1. The van der Waals surface area contributed by atoms with Gasteiger partial charge in [0.15, 0.2) is 0 Å². The monoisotopic (exact) mass is 335 g/mol. The Hall–Kier alpha value is -0.810. The van der Waals surface area contributed by atoms with Gasteiger partial charge in [-0.15, -0.1) is 0 Å². The topological polar surface area (TPSA) is 44.8 Å². The molecular formula is C19H33N3O2. The minimum absolute atomic E-state index is 0.110. The van der Waals surface area contributed by atoms with E-state index >= 15 is 0 Å². The van der Waals surface area contributed by atoms with Crippen LogP contribution in [0.5, 0.6) is 0 Å². The summed E-state index contributed by atoms with van der Waals surface area (Å²) in [6.45, 7) is 6.68. The van der Waals surface area contributed by atoms with Crippen LogP contribution in [-0.2, 0) is 4.74 Å². The lowest BCUT2D eigenvalue weighted by Crippen LogP contribution is -2.56. The summed E-state index contributed by atoms with van der Waals surface area (Å²) in [5, 5.41) is 3.84. The first-order valence-electron chi connectivity index (χ1n) is 10.1. The molecule has 1 N–H and O–H groups in total. The Morgan fingerprint density at radius 3 is 2.46 bits per heavy atom. The van der Waals surface area contributed by atoms with Gasteiger partial charge in [0, 0.05) is 31.2 Å². The number of likely N-dealkylation sites (tertiary alicyclic amines) is 2. The lowest BCUT2D eigenvalue weighted by Gasteiger charge is -2.52. The zero-order valence-corrected chi connectivity index (χ0v) is 15.1. The van der Waals surface area contributed by atoms with Crippen LogP contribution in [0, 0.1) is 5.41 Å². The fraction of sp³-hybridized carbons (Fsp3) is 0.947. The predicted molar refractivity (Wildman–Crippen MR) is 94.0 cm³/mol. The number of carbonyl (C=O) groups is 1. The number of nitrogens with zero attached hydrogens (tertiary/aromatic N) is 2. The molecule has 4 aliphatic rings. The standard InChI is InChI=1S/C19H33N3O2/c1-2-24-18(23)22-11-8-19(14-22)12-17(13-19)21-9-6-16(7-10-21)20-15-4-3-5-15/h15-17,20H,2-14H2,1H3. The third-order valence-corrected chi connectivity index (χ3v) is 6.92. The average molecular weight is 335 g/mol. The summed E-state index contributed by atoms with van der Waals surface area (Å²) in [7, 11) is 0. The lowest BCUT2D eigenvalue weighted by molar-refractivity contribution is -0.00720. The van der Waals surface area contributed by atoms with E-state index < -0.39 is 0 Å². The smallest absolute Gasteiger partial charge is 0.409 e. The van der Waals surface area contributed by atoms with E-state index in [0.29, 0.717) is 12.0 Å². The summed E-state index contributed by atoms with van der Waals surface area (Å²) in [5.74, 6) is 0. The van der Waals surface area contributed by atoms with Crippen LogP contribution in [0.4, 0.5) is 4.79 Å². The maximum Gasteiger partial charge on any atom is 0.409 e. The van der Waals surface area contributed by atoms with Gasteiger partial charge < -0.3 is 19.9 Å². The van der Waals surface area contributed by atoms with Crippen LogP contribution in [0.25, 0.3) is 0 Å². The van der Waals surface area contributed by atoms with Gasteiger partial charge in [0.05, 0.1) is 6.61 Å². The van der Waals surface area contributed by atoms with E-state index in [0.717, 1.165) is 31.2 Å². The van der Waals surface area contributed by atoms with Crippen LogP contribution in [0.2, 0.25) is 0 Å². The maximum atomic E-state index is 11.9. The minimum Gasteiger partial charge on any atom is -0.450 e. The molecule has 0 aromatic rings. The summed E-state index contributed by atoms with van der Waals surface area (Å²) in [5.41, 5.74) is 0.401. The van der Waals surface area contributed by atoms with Gasteiger partial charge in [-0.05, 0) is 70.4 Å². The Balaban J connectivity index is 1.19. The van der Waals surface area contributed by atoms with Gasteiger partial charge >= 0.3 is 6.09 Å². The molecule has 136 valence electrons. The van der Waals surface area contributed by atoms with Crippen LogP contribution in [0.1, 0.15) is 58.3 Å². The van der Waals surface area contributed by atoms with Gasteiger partial charge in [-0.1, -0.05) is 6.42 Å². The summed E-state index contributed by atoms with van der Waals surface area (Å²) in [6, 6.07) is 2.34. The number of piperidine rings is 1. The van der Waals surface area contributed by atoms with Crippen molar-refractivity contribution in [1.82, 2.24) is 15.1 Å². The second kappa shape index (κ2) is 6.83. The highest BCUT2D eigenvalue weighted by molar-refractivity contribution is 5.68. The van der Waals surface area contributed by atoms with Crippen LogP contribution in [0.15, 0.2) is 0 Å². The first-order valence-corrected chi connectivity index (χ1v) is 10.1. The summed E-state index contributed by atoms with van der Waals surface area (Å²) >= 11 is 0. The van der Waals surface area contributed by atoms with Crippen LogP contribution >= 0.6 is 0 Å². The van der Waals surface area contributed by atoms with Crippen molar-refractivity contribution in [1.29, 1.82) is 0 Å². The Labute approximate surface area is 146 Å². The average Bonchev–Trinajstić information content (AvgIpc) is 2.96. The van der Waals surface area contributed by atoms with Crippen molar-refractivity contribution in [3.8, 4) is 0 Å². The molecule has 0 bridgehead atoms. The highest BCUT2D eigenvalue weighted by atomic mass is 16.6. The second-order valence-electron chi connectivity index (χ2n) is 8.54. The van der Waals surface area contributed by atoms with E-state index in [1.165, 1.54) is 64.5 Å². The second-order valence-corrected chi connectivity index (χ2v) is 8.54. The number of nitrogens with one attached hydrogen (secondary N) is 1. The largest absolute Gasteiger partial charge is 0.450 e. The molecule has 0 aromatic carbocycles. The molecule has 1 amide bonds. The van der Waals surface area contributed by atoms with E-state index in [1.54, 1.807) is 0 Å². The molecular weight excluding hydrogens is 302 g/mol. The predicted octanol–water partition coefficient (Wildman–Crippen LogP) is 2.60. The van der Waals surface area contributed by atoms with Gasteiger partial charge in [-0.3, -0.25) is 0 Å². The molecule has 5 nitrogen and oxygen atoms in total. The Bertz CT molecular complexity index is 452. The fourth-order valence-corrected chi connectivity index (χ4v) is 5.18. The van der Waals surface area contributed by atoms with Gasteiger partial charge in [0.2, 0.25) is 0 Å².